The number of nitrogens with one attached hydrogen (secondary N) is 2. The molecule has 0 aliphatic rings. The van der Waals surface area contributed by atoms with Crippen molar-refractivity contribution in [2.45, 2.75) is 39.3 Å². The molecule has 0 saturated heterocycles. The number of carbonyl (C=O) groups is 2. The lowest BCUT2D eigenvalue weighted by Crippen LogP contribution is -2.33. The summed E-state index contributed by atoms with van der Waals surface area (Å²) in [6.07, 6.45) is 0.510. The molecule has 0 spiro atoms. The number of benzene rings is 2. The molecule has 1 unspecified atom stereocenters. The fraction of sp³-hybridized carbons (Fsp3) is 0.364. The van der Waals surface area contributed by atoms with Crippen molar-refractivity contribution in [2.24, 2.45) is 0 Å². The van der Waals surface area contributed by atoms with E-state index < -0.39 is 12.7 Å². The highest BCUT2D eigenvalue weighted by atomic mass is 19.3. The molecular formula is C22H26F2N2O4. The fourth-order valence-corrected chi connectivity index (χ4v) is 2.96. The number of amides is 2. The van der Waals surface area contributed by atoms with Crippen molar-refractivity contribution in [3.05, 3.63) is 59.2 Å². The van der Waals surface area contributed by atoms with Crippen LogP contribution in [0.4, 0.5) is 8.78 Å². The van der Waals surface area contributed by atoms with Crippen LogP contribution in [0, 0.1) is 6.92 Å². The molecule has 6 nitrogen and oxygen atoms in total. The van der Waals surface area contributed by atoms with E-state index in [9.17, 15) is 18.4 Å². The molecule has 162 valence electrons. The standard InChI is InChI=1S/C22H26F2N2O4/c1-14-4-7-17(8-5-14)18(26-15(2)27)13-21(28)25-11-10-16-6-9-19(29-3)20(12-16)30-22(23)24/h4-9,12,18,22H,10-11,13H2,1-3H3,(H,25,28)(H,26,27). The Kier molecular flexibility index (Phi) is 8.58. The Bertz CT molecular complexity index is 857. The third-order valence-corrected chi connectivity index (χ3v) is 4.43. The molecular weight excluding hydrogens is 394 g/mol. The second kappa shape index (κ2) is 11.1. The van der Waals surface area contributed by atoms with Crippen molar-refractivity contribution in [1.82, 2.24) is 10.6 Å². The summed E-state index contributed by atoms with van der Waals surface area (Å²) in [4.78, 5) is 23.9. The van der Waals surface area contributed by atoms with Crippen LogP contribution in [0.15, 0.2) is 42.5 Å². The fourth-order valence-electron chi connectivity index (χ4n) is 2.96. The van der Waals surface area contributed by atoms with E-state index in [-0.39, 0.29) is 29.7 Å². The van der Waals surface area contributed by atoms with Crippen molar-refractivity contribution in [3.8, 4) is 11.5 Å². The summed E-state index contributed by atoms with van der Waals surface area (Å²) < 4.78 is 34.5. The SMILES string of the molecule is COc1ccc(CCNC(=O)CC(NC(C)=O)c2ccc(C)cc2)cc1OC(F)F. The summed E-state index contributed by atoms with van der Waals surface area (Å²) in [5, 5.41) is 5.59. The first-order chi connectivity index (χ1) is 14.3. The third kappa shape index (κ3) is 7.35. The number of methoxy groups -OCH3 is 1. The smallest absolute Gasteiger partial charge is 0.387 e. The van der Waals surface area contributed by atoms with Crippen LogP contribution in [-0.4, -0.2) is 32.1 Å². The Hall–Kier alpha value is -3.16. The van der Waals surface area contributed by atoms with Gasteiger partial charge in [-0.2, -0.15) is 8.78 Å². The van der Waals surface area contributed by atoms with Gasteiger partial charge in [0.2, 0.25) is 11.8 Å². The van der Waals surface area contributed by atoms with Crippen LogP contribution >= 0.6 is 0 Å². The minimum absolute atomic E-state index is 0.0542. The maximum atomic E-state index is 12.5. The number of hydrogen-bond acceptors (Lipinski definition) is 4. The molecule has 2 aromatic rings. The van der Waals surface area contributed by atoms with Crippen LogP contribution in [0.1, 0.15) is 36.1 Å². The number of hydrogen-bond donors (Lipinski definition) is 2. The lowest BCUT2D eigenvalue weighted by atomic mass is 10.0. The molecule has 2 rings (SSSR count). The van der Waals surface area contributed by atoms with Gasteiger partial charge in [0.1, 0.15) is 0 Å². The van der Waals surface area contributed by atoms with Crippen LogP contribution in [0.3, 0.4) is 0 Å². The molecule has 0 aliphatic heterocycles. The zero-order chi connectivity index (χ0) is 22.1. The van der Waals surface area contributed by atoms with Crippen molar-refractivity contribution < 1.29 is 27.8 Å². The summed E-state index contributed by atoms with van der Waals surface area (Å²) >= 11 is 0. The molecule has 2 N–H and O–H groups in total. The molecule has 2 amide bonds. The molecule has 0 fully saturated rings. The second-order valence-corrected chi connectivity index (χ2v) is 6.83. The Morgan fingerprint density at radius 1 is 1.07 bits per heavy atom. The monoisotopic (exact) mass is 420 g/mol. The van der Waals surface area contributed by atoms with Crippen molar-refractivity contribution >= 4 is 11.8 Å². The molecule has 0 heterocycles. The van der Waals surface area contributed by atoms with Gasteiger partial charge in [0.15, 0.2) is 11.5 Å². The van der Waals surface area contributed by atoms with E-state index >= 15 is 0 Å². The average Bonchev–Trinajstić information content (AvgIpc) is 2.67. The highest BCUT2D eigenvalue weighted by molar-refractivity contribution is 5.79. The van der Waals surface area contributed by atoms with Gasteiger partial charge in [0.05, 0.1) is 19.6 Å². The van der Waals surface area contributed by atoms with Crippen LogP contribution < -0.4 is 20.1 Å². The number of carbonyl (C=O) groups excluding carboxylic acids is 2. The molecule has 30 heavy (non-hydrogen) atoms. The second-order valence-electron chi connectivity index (χ2n) is 6.83. The topological polar surface area (TPSA) is 76.7 Å². The summed E-state index contributed by atoms with van der Waals surface area (Å²) in [7, 11) is 1.37. The lowest BCUT2D eigenvalue weighted by Gasteiger charge is -2.18. The first-order valence-electron chi connectivity index (χ1n) is 9.50. The van der Waals surface area contributed by atoms with Gasteiger partial charge in [0.25, 0.3) is 0 Å². The molecule has 0 radical (unpaired) electrons. The molecule has 0 aromatic heterocycles. The van der Waals surface area contributed by atoms with E-state index in [0.29, 0.717) is 18.5 Å². The maximum Gasteiger partial charge on any atom is 0.387 e. The Balaban J connectivity index is 1.94. The zero-order valence-corrected chi connectivity index (χ0v) is 17.2. The van der Waals surface area contributed by atoms with Gasteiger partial charge in [-0.05, 0) is 36.6 Å². The molecule has 0 bridgehead atoms. The molecule has 2 aromatic carbocycles. The van der Waals surface area contributed by atoms with E-state index in [4.69, 9.17) is 4.74 Å². The third-order valence-electron chi connectivity index (χ3n) is 4.43. The Morgan fingerprint density at radius 2 is 1.77 bits per heavy atom. The van der Waals surface area contributed by atoms with Gasteiger partial charge in [-0.3, -0.25) is 9.59 Å². The van der Waals surface area contributed by atoms with Crippen molar-refractivity contribution in [2.75, 3.05) is 13.7 Å². The van der Waals surface area contributed by atoms with Crippen molar-refractivity contribution in [1.29, 1.82) is 0 Å². The van der Waals surface area contributed by atoms with Gasteiger partial charge in [-0.1, -0.05) is 35.9 Å². The van der Waals surface area contributed by atoms with E-state index in [1.165, 1.54) is 20.1 Å². The van der Waals surface area contributed by atoms with Gasteiger partial charge < -0.3 is 20.1 Å². The van der Waals surface area contributed by atoms with Gasteiger partial charge in [-0.25, -0.2) is 0 Å². The molecule has 8 heteroatoms. The average molecular weight is 420 g/mol. The summed E-state index contributed by atoms with van der Waals surface area (Å²) in [5.41, 5.74) is 2.64. The van der Waals surface area contributed by atoms with E-state index in [2.05, 4.69) is 15.4 Å². The number of aryl methyl sites for hydroxylation is 1. The van der Waals surface area contributed by atoms with E-state index in [1.807, 2.05) is 31.2 Å². The van der Waals surface area contributed by atoms with Crippen LogP contribution in [0.2, 0.25) is 0 Å². The first kappa shape index (κ1) is 23.1. The van der Waals surface area contributed by atoms with Gasteiger partial charge in [0, 0.05) is 13.5 Å². The maximum absolute atomic E-state index is 12.5. The largest absolute Gasteiger partial charge is 0.493 e. The highest BCUT2D eigenvalue weighted by Gasteiger charge is 2.17. The molecule has 0 saturated carbocycles. The van der Waals surface area contributed by atoms with Crippen LogP contribution in [-0.2, 0) is 16.0 Å². The van der Waals surface area contributed by atoms with E-state index in [1.54, 1.807) is 12.1 Å². The number of halogens is 2. The quantitative estimate of drug-likeness (QED) is 0.617. The van der Waals surface area contributed by atoms with Crippen LogP contribution in [0.25, 0.3) is 0 Å². The van der Waals surface area contributed by atoms with E-state index in [0.717, 1.165) is 11.1 Å². The Labute approximate surface area is 174 Å². The number of alkyl halides is 2. The lowest BCUT2D eigenvalue weighted by molar-refractivity contribution is -0.122. The molecule has 0 aliphatic carbocycles. The van der Waals surface area contributed by atoms with Gasteiger partial charge in [-0.15, -0.1) is 0 Å². The zero-order valence-electron chi connectivity index (χ0n) is 17.2. The predicted molar refractivity (Wildman–Crippen MR) is 109 cm³/mol. The minimum Gasteiger partial charge on any atom is -0.493 e. The summed E-state index contributed by atoms with van der Waals surface area (Å²) in [5.74, 6) is -0.300. The summed E-state index contributed by atoms with van der Waals surface area (Å²) in [6, 6.07) is 11.9. The molecule has 1 atom stereocenters. The Morgan fingerprint density at radius 3 is 2.37 bits per heavy atom. The number of ether oxygens (including phenoxy) is 2. The first-order valence-corrected chi connectivity index (χ1v) is 9.50. The van der Waals surface area contributed by atoms with Crippen molar-refractivity contribution in [3.63, 3.8) is 0 Å². The normalized spacial score (nSPS) is 11.7. The summed E-state index contributed by atoms with van der Waals surface area (Å²) in [6.45, 7) is 0.712. The van der Waals surface area contributed by atoms with Crippen LogP contribution in [0.5, 0.6) is 11.5 Å². The number of rotatable bonds is 10. The van der Waals surface area contributed by atoms with Gasteiger partial charge >= 0.3 is 6.61 Å². The highest BCUT2D eigenvalue weighted by Crippen LogP contribution is 2.29. The predicted octanol–water partition coefficient (Wildman–Crippen LogP) is 3.53. The minimum atomic E-state index is -2.96.